The molecule has 2 aliphatic carbocycles. The van der Waals surface area contributed by atoms with Crippen LogP contribution >= 0.6 is 0 Å². The van der Waals surface area contributed by atoms with Crippen LogP contribution in [0, 0.1) is 22.2 Å². The van der Waals surface area contributed by atoms with Crippen LogP contribution in [-0.2, 0) is 9.53 Å². The summed E-state index contributed by atoms with van der Waals surface area (Å²) in [7, 11) is 0. The Balaban J connectivity index is 1.95. The summed E-state index contributed by atoms with van der Waals surface area (Å²) in [5, 5.41) is 10.7. The molecule has 0 amide bonds. The zero-order chi connectivity index (χ0) is 16.6. The van der Waals surface area contributed by atoms with Crippen molar-refractivity contribution in [3.63, 3.8) is 0 Å². The summed E-state index contributed by atoms with van der Waals surface area (Å²) in [4.78, 5) is 12.3. The highest BCUT2D eigenvalue weighted by Crippen LogP contribution is 2.59. The Labute approximate surface area is 135 Å². The molecular formula is C19H34O3. The fraction of sp³-hybridized carbons (Fsp3) is 0.947. The van der Waals surface area contributed by atoms with Crippen molar-refractivity contribution in [2.75, 3.05) is 6.61 Å². The molecule has 0 heterocycles. The lowest BCUT2D eigenvalue weighted by Gasteiger charge is -2.40. The molecule has 2 aliphatic rings. The van der Waals surface area contributed by atoms with Gasteiger partial charge in [-0.3, -0.25) is 4.79 Å². The van der Waals surface area contributed by atoms with Crippen molar-refractivity contribution in [2.45, 2.75) is 85.7 Å². The maximum atomic E-state index is 12.3. The van der Waals surface area contributed by atoms with Crippen LogP contribution in [0.4, 0.5) is 0 Å². The Kier molecular flexibility index (Phi) is 4.97. The van der Waals surface area contributed by atoms with E-state index in [1.54, 1.807) is 0 Å². The topological polar surface area (TPSA) is 46.5 Å². The van der Waals surface area contributed by atoms with Gasteiger partial charge in [0.25, 0.3) is 0 Å². The average Bonchev–Trinajstić information content (AvgIpc) is 3.21. The van der Waals surface area contributed by atoms with E-state index in [0.29, 0.717) is 17.9 Å². The van der Waals surface area contributed by atoms with Crippen molar-refractivity contribution in [1.29, 1.82) is 0 Å². The molecule has 2 saturated carbocycles. The van der Waals surface area contributed by atoms with E-state index in [4.69, 9.17) is 4.74 Å². The van der Waals surface area contributed by atoms with Crippen molar-refractivity contribution < 1.29 is 14.6 Å². The number of aliphatic hydroxyl groups is 1. The monoisotopic (exact) mass is 310 g/mol. The van der Waals surface area contributed by atoms with Crippen molar-refractivity contribution in [1.82, 2.24) is 0 Å². The van der Waals surface area contributed by atoms with Crippen molar-refractivity contribution in [3.8, 4) is 0 Å². The quantitative estimate of drug-likeness (QED) is 0.562. The van der Waals surface area contributed by atoms with Crippen LogP contribution in [0.25, 0.3) is 0 Å². The highest BCUT2D eigenvalue weighted by molar-refractivity contribution is 5.80. The van der Waals surface area contributed by atoms with E-state index in [2.05, 4.69) is 34.6 Å². The number of rotatable bonds is 7. The second kappa shape index (κ2) is 6.14. The lowest BCUT2D eigenvalue weighted by Crippen LogP contribution is -2.38. The van der Waals surface area contributed by atoms with Crippen LogP contribution in [0.2, 0.25) is 0 Å². The molecule has 2 unspecified atom stereocenters. The molecule has 1 N–H and O–H groups in total. The molecule has 2 fully saturated rings. The molecule has 2 atom stereocenters. The number of unbranched alkanes of at least 4 members (excludes halogenated alkanes) is 1. The number of hydrogen-bond donors (Lipinski definition) is 1. The van der Waals surface area contributed by atoms with Gasteiger partial charge in [0, 0.05) is 0 Å². The third-order valence-corrected chi connectivity index (χ3v) is 6.95. The highest BCUT2D eigenvalue weighted by atomic mass is 16.5. The molecule has 0 spiro atoms. The number of carbonyl (C=O) groups is 1. The minimum atomic E-state index is -0.587. The van der Waals surface area contributed by atoms with Crippen LogP contribution in [0.3, 0.4) is 0 Å². The van der Waals surface area contributed by atoms with E-state index in [1.165, 1.54) is 6.42 Å². The Morgan fingerprint density at radius 1 is 1.23 bits per heavy atom. The molecule has 128 valence electrons. The molecule has 0 aromatic heterocycles. The molecule has 0 radical (unpaired) electrons. The maximum absolute atomic E-state index is 12.3. The molecule has 0 aromatic rings. The molecule has 3 heteroatoms. The summed E-state index contributed by atoms with van der Waals surface area (Å²) < 4.78 is 5.39. The van der Waals surface area contributed by atoms with Crippen LogP contribution < -0.4 is 0 Å². The Morgan fingerprint density at radius 3 is 2.32 bits per heavy atom. The third-order valence-electron chi connectivity index (χ3n) is 6.95. The molecule has 22 heavy (non-hydrogen) atoms. The van der Waals surface area contributed by atoms with Gasteiger partial charge in [-0.15, -0.1) is 0 Å². The zero-order valence-corrected chi connectivity index (χ0v) is 15.1. The van der Waals surface area contributed by atoms with Gasteiger partial charge < -0.3 is 9.84 Å². The Bertz CT molecular complexity index is 407. The largest absolute Gasteiger partial charge is 0.465 e. The first kappa shape index (κ1) is 17.8. The minimum absolute atomic E-state index is 0.163. The lowest BCUT2D eigenvalue weighted by molar-refractivity contribution is -0.156. The smallest absolute Gasteiger partial charge is 0.314 e. The van der Waals surface area contributed by atoms with Gasteiger partial charge in [-0.05, 0) is 55.3 Å². The molecule has 0 saturated heterocycles. The van der Waals surface area contributed by atoms with Crippen LogP contribution in [0.15, 0.2) is 0 Å². The lowest BCUT2D eigenvalue weighted by atomic mass is 9.65. The van der Waals surface area contributed by atoms with Gasteiger partial charge in [0.15, 0.2) is 0 Å². The van der Waals surface area contributed by atoms with Crippen LogP contribution in [-0.4, -0.2) is 23.8 Å². The van der Waals surface area contributed by atoms with E-state index in [9.17, 15) is 9.90 Å². The zero-order valence-electron chi connectivity index (χ0n) is 15.1. The third kappa shape index (κ3) is 3.06. The summed E-state index contributed by atoms with van der Waals surface area (Å²) in [5.74, 6) is 0.321. The second-order valence-corrected chi connectivity index (χ2v) is 8.74. The van der Waals surface area contributed by atoms with E-state index in [1.807, 2.05) is 0 Å². The molecule has 3 nitrogen and oxygen atoms in total. The van der Waals surface area contributed by atoms with Crippen LogP contribution in [0.5, 0.6) is 0 Å². The first-order valence-electron chi connectivity index (χ1n) is 9.02. The van der Waals surface area contributed by atoms with Gasteiger partial charge in [-0.25, -0.2) is 0 Å². The summed E-state index contributed by atoms with van der Waals surface area (Å²) in [6.07, 6.45) is 6.05. The number of hydrogen-bond acceptors (Lipinski definition) is 3. The summed E-state index contributed by atoms with van der Waals surface area (Å²) in [6, 6.07) is 0. The molecule has 0 aliphatic heterocycles. The number of esters is 1. The SMILES string of the molecule is CCCCOC(=O)C1(C(O)CC2CCC(C)(C)C2(C)C)CC1. The second-order valence-electron chi connectivity index (χ2n) is 8.74. The summed E-state index contributed by atoms with van der Waals surface area (Å²) in [6.45, 7) is 11.9. The van der Waals surface area contributed by atoms with Gasteiger partial charge in [-0.1, -0.05) is 41.0 Å². The minimum Gasteiger partial charge on any atom is -0.465 e. The standard InChI is InChI=1S/C19H34O3/c1-6-7-12-22-16(21)19(10-11-19)15(20)13-14-8-9-17(2,3)18(14,4)5/h14-15,20H,6-13H2,1-5H3. The molecule has 2 rings (SSSR count). The van der Waals surface area contributed by atoms with Gasteiger partial charge in [0.2, 0.25) is 0 Å². The highest BCUT2D eigenvalue weighted by Gasteiger charge is 2.58. The van der Waals surface area contributed by atoms with Crippen molar-refractivity contribution in [3.05, 3.63) is 0 Å². The van der Waals surface area contributed by atoms with E-state index >= 15 is 0 Å². The predicted octanol–water partition coefficient (Wildman–Crippen LogP) is 4.32. The fourth-order valence-corrected chi connectivity index (χ4v) is 3.94. The average molecular weight is 310 g/mol. The number of ether oxygens (including phenoxy) is 1. The molecule has 0 aromatic carbocycles. The first-order chi connectivity index (χ1) is 10.2. The van der Waals surface area contributed by atoms with Gasteiger partial charge in [0.1, 0.15) is 0 Å². The van der Waals surface area contributed by atoms with Crippen molar-refractivity contribution >= 4 is 5.97 Å². The first-order valence-corrected chi connectivity index (χ1v) is 9.02. The fourth-order valence-electron chi connectivity index (χ4n) is 3.94. The Hall–Kier alpha value is -0.570. The van der Waals surface area contributed by atoms with Gasteiger partial charge in [0.05, 0.1) is 18.1 Å². The molecular weight excluding hydrogens is 276 g/mol. The summed E-state index contributed by atoms with van der Waals surface area (Å²) >= 11 is 0. The normalized spacial score (nSPS) is 29.1. The summed E-state index contributed by atoms with van der Waals surface area (Å²) in [5.41, 5.74) is -0.0809. The van der Waals surface area contributed by atoms with Gasteiger partial charge in [-0.2, -0.15) is 0 Å². The number of carbonyl (C=O) groups excluding carboxylic acids is 1. The van der Waals surface area contributed by atoms with Gasteiger partial charge >= 0.3 is 5.97 Å². The van der Waals surface area contributed by atoms with E-state index < -0.39 is 11.5 Å². The molecule has 0 bridgehead atoms. The maximum Gasteiger partial charge on any atom is 0.314 e. The van der Waals surface area contributed by atoms with E-state index in [0.717, 1.165) is 38.5 Å². The Morgan fingerprint density at radius 2 is 1.86 bits per heavy atom. The van der Waals surface area contributed by atoms with Crippen molar-refractivity contribution in [2.24, 2.45) is 22.2 Å². The predicted molar refractivity (Wildman–Crippen MR) is 88.4 cm³/mol. The van der Waals surface area contributed by atoms with Crippen LogP contribution in [0.1, 0.15) is 79.6 Å². The van der Waals surface area contributed by atoms with E-state index in [-0.39, 0.29) is 11.4 Å². The number of aliphatic hydroxyl groups excluding tert-OH is 1.